The number of benzene rings is 2. The molecule has 0 fully saturated rings. The van der Waals surface area contributed by atoms with Crippen molar-refractivity contribution in [1.82, 2.24) is 0 Å². The summed E-state index contributed by atoms with van der Waals surface area (Å²) >= 11 is 0. The fourth-order valence-electron chi connectivity index (χ4n) is 1.95. The molecule has 0 aliphatic carbocycles. The van der Waals surface area contributed by atoms with Crippen LogP contribution in [0.1, 0.15) is 26.3 Å². The molecule has 7 nitrogen and oxygen atoms in total. The van der Waals surface area contributed by atoms with E-state index in [0.29, 0.717) is 11.8 Å². The Hall–Kier alpha value is -3.22. The van der Waals surface area contributed by atoms with E-state index in [1.54, 1.807) is 18.2 Å². The second-order valence-electron chi connectivity index (χ2n) is 4.55. The van der Waals surface area contributed by atoms with Crippen molar-refractivity contribution in [3.8, 4) is 5.75 Å². The quantitative estimate of drug-likeness (QED) is 0.352. The number of aldehydes is 1. The van der Waals surface area contributed by atoms with Crippen LogP contribution in [-0.2, 0) is 11.3 Å². The molecular formula is C16H13NO6. The van der Waals surface area contributed by atoms with E-state index in [1.807, 2.05) is 0 Å². The zero-order chi connectivity index (χ0) is 16.8. The molecule has 0 N–H and O–H groups in total. The molecule has 2 aromatic rings. The lowest BCUT2D eigenvalue weighted by molar-refractivity contribution is -0.384. The minimum atomic E-state index is -0.618. The summed E-state index contributed by atoms with van der Waals surface area (Å²) in [5.41, 5.74) is 0.984. The van der Waals surface area contributed by atoms with Gasteiger partial charge in [-0.25, -0.2) is 4.79 Å². The fraction of sp³-hybridized carbons (Fsp3) is 0.125. The van der Waals surface area contributed by atoms with Crippen molar-refractivity contribution in [2.75, 3.05) is 7.11 Å². The number of ether oxygens (including phenoxy) is 2. The first-order valence-corrected chi connectivity index (χ1v) is 6.59. The van der Waals surface area contributed by atoms with Gasteiger partial charge in [0.25, 0.3) is 5.69 Å². The molecule has 0 heterocycles. The van der Waals surface area contributed by atoms with E-state index in [-0.39, 0.29) is 29.2 Å². The van der Waals surface area contributed by atoms with E-state index in [2.05, 4.69) is 4.74 Å². The van der Waals surface area contributed by atoms with Crippen LogP contribution in [0.3, 0.4) is 0 Å². The van der Waals surface area contributed by atoms with Crippen LogP contribution in [-0.4, -0.2) is 24.3 Å². The van der Waals surface area contributed by atoms with Crippen molar-refractivity contribution in [2.45, 2.75) is 6.61 Å². The van der Waals surface area contributed by atoms with Gasteiger partial charge in [0, 0.05) is 12.1 Å². The molecule has 0 atom stereocenters. The largest absolute Gasteiger partial charge is 0.487 e. The van der Waals surface area contributed by atoms with Gasteiger partial charge in [0.05, 0.1) is 17.6 Å². The summed E-state index contributed by atoms with van der Waals surface area (Å²) in [6, 6.07) is 10.3. The van der Waals surface area contributed by atoms with Gasteiger partial charge < -0.3 is 9.47 Å². The zero-order valence-corrected chi connectivity index (χ0v) is 12.2. The summed E-state index contributed by atoms with van der Waals surface area (Å²) in [5.74, 6) is -0.500. The molecule has 23 heavy (non-hydrogen) atoms. The van der Waals surface area contributed by atoms with Crippen molar-refractivity contribution < 1.29 is 24.0 Å². The van der Waals surface area contributed by atoms with Crippen LogP contribution in [0.15, 0.2) is 42.5 Å². The van der Waals surface area contributed by atoms with Gasteiger partial charge in [-0.3, -0.25) is 14.9 Å². The van der Waals surface area contributed by atoms with Crippen LogP contribution in [0, 0.1) is 10.1 Å². The highest BCUT2D eigenvalue weighted by Crippen LogP contribution is 2.25. The molecule has 2 aromatic carbocycles. The highest BCUT2D eigenvalue weighted by Gasteiger charge is 2.17. The zero-order valence-electron chi connectivity index (χ0n) is 12.2. The molecule has 0 unspecified atom stereocenters. The molecule has 0 saturated heterocycles. The molecule has 0 aromatic heterocycles. The lowest BCUT2D eigenvalue weighted by Gasteiger charge is -2.12. The standard InChI is InChI=1S/C16H13NO6/c1-22-16(19)14-4-2-3-12(9-18)15(14)23-10-11-5-7-13(8-6-11)17(20)21/h2-9H,10H2,1H3. The molecule has 0 aliphatic heterocycles. The number of methoxy groups -OCH3 is 1. The molecule has 118 valence electrons. The molecule has 0 radical (unpaired) electrons. The number of nitro groups is 1. The number of para-hydroxylation sites is 1. The summed E-state index contributed by atoms with van der Waals surface area (Å²) in [5, 5.41) is 10.6. The molecule has 0 bridgehead atoms. The van der Waals surface area contributed by atoms with Gasteiger partial charge in [-0.05, 0) is 29.8 Å². The lowest BCUT2D eigenvalue weighted by atomic mass is 10.1. The smallest absolute Gasteiger partial charge is 0.341 e. The Labute approximate surface area is 131 Å². The third kappa shape index (κ3) is 3.70. The Balaban J connectivity index is 2.23. The molecule has 7 heteroatoms. The number of nitrogens with zero attached hydrogens (tertiary/aromatic N) is 1. The van der Waals surface area contributed by atoms with E-state index in [1.165, 1.54) is 31.4 Å². The molecule has 0 spiro atoms. The third-order valence-electron chi connectivity index (χ3n) is 3.11. The number of nitro benzene ring substituents is 1. The summed E-state index contributed by atoms with van der Waals surface area (Å²) in [6.07, 6.45) is 0.581. The number of hydrogen-bond acceptors (Lipinski definition) is 6. The van der Waals surface area contributed by atoms with E-state index in [9.17, 15) is 19.7 Å². The van der Waals surface area contributed by atoms with Crippen molar-refractivity contribution in [1.29, 1.82) is 0 Å². The third-order valence-corrected chi connectivity index (χ3v) is 3.11. The Kier molecular flexibility index (Phi) is 5.03. The second-order valence-corrected chi connectivity index (χ2v) is 4.55. The number of carbonyl (C=O) groups excluding carboxylic acids is 2. The van der Waals surface area contributed by atoms with E-state index in [4.69, 9.17) is 4.74 Å². The Morgan fingerprint density at radius 3 is 2.48 bits per heavy atom. The van der Waals surface area contributed by atoms with Gasteiger partial charge in [0.15, 0.2) is 6.29 Å². The van der Waals surface area contributed by atoms with Crippen molar-refractivity contribution >= 4 is 17.9 Å². The van der Waals surface area contributed by atoms with E-state index >= 15 is 0 Å². The molecular weight excluding hydrogens is 302 g/mol. The van der Waals surface area contributed by atoms with Crippen molar-refractivity contribution in [3.05, 3.63) is 69.3 Å². The van der Waals surface area contributed by atoms with Gasteiger partial charge in [0.1, 0.15) is 17.9 Å². The maximum atomic E-state index is 11.7. The van der Waals surface area contributed by atoms with E-state index in [0.717, 1.165) is 0 Å². The second kappa shape index (κ2) is 7.17. The number of esters is 1. The summed E-state index contributed by atoms with van der Waals surface area (Å²) in [6.45, 7) is 0.0485. The minimum absolute atomic E-state index is 0.0303. The molecule has 0 saturated carbocycles. The average molecular weight is 315 g/mol. The van der Waals surface area contributed by atoms with Gasteiger partial charge in [-0.15, -0.1) is 0 Å². The predicted molar refractivity (Wildman–Crippen MR) is 80.6 cm³/mol. The maximum Gasteiger partial charge on any atom is 0.341 e. The topological polar surface area (TPSA) is 95.7 Å². The Morgan fingerprint density at radius 2 is 1.91 bits per heavy atom. The van der Waals surface area contributed by atoms with Gasteiger partial charge >= 0.3 is 5.97 Å². The average Bonchev–Trinajstić information content (AvgIpc) is 2.59. The maximum absolute atomic E-state index is 11.7. The number of carbonyl (C=O) groups is 2. The van der Waals surface area contributed by atoms with Gasteiger partial charge in [-0.2, -0.15) is 0 Å². The predicted octanol–water partition coefficient (Wildman–Crippen LogP) is 2.77. The van der Waals surface area contributed by atoms with Crippen LogP contribution < -0.4 is 4.74 Å². The van der Waals surface area contributed by atoms with Crippen molar-refractivity contribution in [2.24, 2.45) is 0 Å². The molecule has 0 amide bonds. The number of rotatable bonds is 6. The Bertz CT molecular complexity index is 739. The molecule has 0 aliphatic rings. The number of non-ortho nitro benzene ring substituents is 1. The van der Waals surface area contributed by atoms with E-state index < -0.39 is 10.9 Å². The molecule has 2 rings (SSSR count). The van der Waals surface area contributed by atoms with Crippen molar-refractivity contribution in [3.63, 3.8) is 0 Å². The monoisotopic (exact) mass is 315 g/mol. The lowest BCUT2D eigenvalue weighted by Crippen LogP contribution is -2.08. The highest BCUT2D eigenvalue weighted by atomic mass is 16.6. The first kappa shape index (κ1) is 16.2. The summed E-state index contributed by atoms with van der Waals surface area (Å²) in [7, 11) is 1.23. The Morgan fingerprint density at radius 1 is 1.22 bits per heavy atom. The van der Waals surface area contributed by atoms with Crippen LogP contribution in [0.4, 0.5) is 5.69 Å². The van der Waals surface area contributed by atoms with Gasteiger partial charge in [0.2, 0.25) is 0 Å². The van der Waals surface area contributed by atoms with Crippen LogP contribution in [0.25, 0.3) is 0 Å². The minimum Gasteiger partial charge on any atom is -0.487 e. The fourth-order valence-corrected chi connectivity index (χ4v) is 1.95. The highest BCUT2D eigenvalue weighted by molar-refractivity contribution is 5.96. The first-order valence-electron chi connectivity index (χ1n) is 6.59. The summed E-state index contributed by atoms with van der Waals surface area (Å²) in [4.78, 5) is 33.0. The SMILES string of the molecule is COC(=O)c1cccc(C=O)c1OCc1ccc([N+](=O)[O-])cc1. The number of hydrogen-bond donors (Lipinski definition) is 0. The normalized spacial score (nSPS) is 9.96. The van der Waals surface area contributed by atoms with Crippen LogP contribution in [0.2, 0.25) is 0 Å². The van der Waals surface area contributed by atoms with Crippen LogP contribution >= 0.6 is 0 Å². The summed E-state index contributed by atoms with van der Waals surface area (Å²) < 4.78 is 10.2. The van der Waals surface area contributed by atoms with Gasteiger partial charge in [-0.1, -0.05) is 6.07 Å². The first-order chi connectivity index (χ1) is 11.1. The van der Waals surface area contributed by atoms with Crippen LogP contribution in [0.5, 0.6) is 5.75 Å².